The lowest BCUT2D eigenvalue weighted by Gasteiger charge is -2.34. The maximum Gasteiger partial charge on any atom is 0.161 e. The molecule has 1 aliphatic rings. The molecule has 1 heteroatoms. The molecule has 0 aliphatic heterocycles. The summed E-state index contributed by atoms with van der Waals surface area (Å²) in [5.41, 5.74) is 0.267. The zero-order valence-corrected chi connectivity index (χ0v) is 8.51. The van der Waals surface area contributed by atoms with E-state index >= 15 is 0 Å². The Balaban J connectivity index is 3.15. The summed E-state index contributed by atoms with van der Waals surface area (Å²) in [6, 6.07) is 0. The molecule has 1 nitrogen and oxygen atoms in total. The summed E-state index contributed by atoms with van der Waals surface area (Å²) in [7, 11) is 0. The smallest absolute Gasteiger partial charge is 0.161 e. The lowest BCUT2D eigenvalue weighted by Crippen LogP contribution is -2.42. The van der Waals surface area contributed by atoms with Crippen molar-refractivity contribution in [1.29, 1.82) is 0 Å². The van der Waals surface area contributed by atoms with Gasteiger partial charge in [0.2, 0.25) is 0 Å². The average Bonchev–Trinajstić information content (AvgIpc) is 2.18. The third-order valence-corrected chi connectivity index (χ3v) is 2.25. The Bertz CT molecular complexity index is 330. The molecule has 0 N–H and O–H groups in total. The number of hydrogen-bond donors (Lipinski definition) is 0. The third-order valence-electron chi connectivity index (χ3n) is 2.25. The van der Waals surface area contributed by atoms with Crippen LogP contribution in [0.2, 0.25) is 0 Å². The van der Waals surface area contributed by atoms with E-state index < -0.39 is 18.2 Å². The Kier molecular flexibility index (Phi) is 1.98. The van der Waals surface area contributed by atoms with Crippen LogP contribution >= 0.6 is 0 Å². The lowest BCUT2D eigenvalue weighted by atomic mass is 9.69. The summed E-state index contributed by atoms with van der Waals surface area (Å²) in [6.45, 7) is 12.4. The first-order valence-electron chi connectivity index (χ1n) is 6.14. The molecule has 72 valence electrons. The van der Waals surface area contributed by atoms with Gasteiger partial charge in [-0.15, -0.1) is 0 Å². The molecule has 0 bridgehead atoms. The van der Waals surface area contributed by atoms with Gasteiger partial charge in [0.05, 0.1) is 0 Å². The monoisotopic (exact) mass is 181 g/mol. The van der Waals surface area contributed by atoms with E-state index in [2.05, 4.69) is 13.2 Å². The third kappa shape index (κ3) is 2.09. The van der Waals surface area contributed by atoms with Crippen LogP contribution in [-0.2, 0) is 0 Å². The van der Waals surface area contributed by atoms with Crippen molar-refractivity contribution in [1.82, 2.24) is 0 Å². The topological polar surface area (TPSA) is 3.01 Å². The second-order valence-corrected chi connectivity index (χ2v) is 3.78. The Morgan fingerprint density at radius 1 is 1.46 bits per heavy atom. The summed E-state index contributed by atoms with van der Waals surface area (Å²) >= 11 is 0. The molecule has 0 aromatic rings. The van der Waals surface area contributed by atoms with Crippen LogP contribution in [0.15, 0.2) is 25.3 Å². The van der Waals surface area contributed by atoms with Crippen LogP contribution in [0.3, 0.4) is 0 Å². The molecule has 0 aromatic carbocycles. The van der Waals surface area contributed by atoms with Crippen molar-refractivity contribution in [2.75, 3.05) is 13.1 Å². The van der Waals surface area contributed by atoms with Crippen LogP contribution in [0.1, 0.15) is 30.7 Å². The van der Waals surface area contributed by atoms with Gasteiger partial charge in [-0.1, -0.05) is 27.0 Å². The first-order valence-corrected chi connectivity index (χ1v) is 4.57. The largest absolute Gasteiger partial charge is 0.229 e. The molecule has 13 heavy (non-hydrogen) atoms. The molecule has 0 heterocycles. The van der Waals surface area contributed by atoms with Crippen molar-refractivity contribution in [3.05, 3.63) is 25.3 Å². The van der Waals surface area contributed by atoms with Crippen LogP contribution in [0.4, 0.5) is 0 Å². The normalized spacial score (nSPS) is 32.0. The Morgan fingerprint density at radius 2 is 2.00 bits per heavy atom. The maximum absolute atomic E-state index is 7.89. The Morgan fingerprint density at radius 3 is 2.38 bits per heavy atom. The Labute approximate surface area is 85.7 Å². The zero-order valence-electron chi connectivity index (χ0n) is 11.5. The highest BCUT2D eigenvalue weighted by Gasteiger charge is 2.41. The van der Waals surface area contributed by atoms with Crippen LogP contribution in [0.5, 0.6) is 0 Å². The first-order chi connectivity index (χ1) is 7.30. The van der Waals surface area contributed by atoms with Gasteiger partial charge in [0, 0.05) is 15.9 Å². The molecular weight excluding hydrogens is 158 g/mol. The highest BCUT2D eigenvalue weighted by molar-refractivity contribution is 5.90. The van der Waals surface area contributed by atoms with Crippen molar-refractivity contribution >= 4 is 5.71 Å². The summed E-state index contributed by atoms with van der Waals surface area (Å²) in [6.07, 6.45) is 1.31. The van der Waals surface area contributed by atoms with E-state index in [9.17, 15) is 0 Å². The standard InChI is InChI=1S/C12H20N/c1-5-9-13(10-6-2)11-7-8-12(11,3)4/h5-6H,1-2,7-10H2,3-4H3/q+1/i7D,8D2. The molecule has 1 fully saturated rings. The molecule has 0 aromatic heterocycles. The van der Waals surface area contributed by atoms with Crippen LogP contribution < -0.4 is 0 Å². The SMILES string of the molecule is [2H]C1C(=[N+](CC=C)CC=C)C(C)(C)C1([2H])[2H]. The zero-order chi connectivity index (χ0) is 12.6. The summed E-state index contributed by atoms with van der Waals surface area (Å²) in [4.78, 5) is 0. The van der Waals surface area contributed by atoms with Crippen molar-refractivity contribution in [3.63, 3.8) is 0 Å². The molecule has 0 saturated heterocycles. The van der Waals surface area contributed by atoms with E-state index in [-0.39, 0.29) is 0 Å². The predicted molar refractivity (Wildman–Crippen MR) is 58.4 cm³/mol. The first kappa shape index (κ1) is 6.58. The Hall–Kier alpha value is -0.850. The molecule has 1 rings (SSSR count). The van der Waals surface area contributed by atoms with Gasteiger partial charge in [-0.3, -0.25) is 0 Å². The molecule has 0 radical (unpaired) electrons. The molecule has 1 aliphatic carbocycles. The average molecular weight is 181 g/mol. The lowest BCUT2D eigenvalue weighted by molar-refractivity contribution is -0.514. The summed E-state index contributed by atoms with van der Waals surface area (Å²) in [5.74, 6) is 0. The van der Waals surface area contributed by atoms with Gasteiger partial charge in [0.25, 0.3) is 0 Å². The summed E-state index contributed by atoms with van der Waals surface area (Å²) in [5, 5.41) is 0. The van der Waals surface area contributed by atoms with E-state index in [1.54, 1.807) is 12.2 Å². The quantitative estimate of drug-likeness (QED) is 0.463. The van der Waals surface area contributed by atoms with Gasteiger partial charge in [0.1, 0.15) is 0 Å². The molecule has 0 amide bonds. The molecular formula is C12H20N+. The second kappa shape index (κ2) is 3.91. The summed E-state index contributed by atoms with van der Waals surface area (Å²) < 4.78 is 25.6. The van der Waals surface area contributed by atoms with E-state index in [0.717, 1.165) is 5.71 Å². The van der Waals surface area contributed by atoms with E-state index in [1.807, 2.05) is 18.4 Å². The van der Waals surface area contributed by atoms with Crippen molar-refractivity contribution < 1.29 is 8.69 Å². The van der Waals surface area contributed by atoms with Crippen LogP contribution in [0, 0.1) is 5.41 Å². The van der Waals surface area contributed by atoms with Gasteiger partial charge in [-0.25, -0.2) is 4.58 Å². The molecule has 1 atom stereocenters. The van der Waals surface area contributed by atoms with Crippen molar-refractivity contribution in [2.24, 2.45) is 5.41 Å². The number of rotatable bonds is 4. The fourth-order valence-electron chi connectivity index (χ4n) is 1.49. The maximum atomic E-state index is 7.89. The van der Waals surface area contributed by atoms with Gasteiger partial charge in [0.15, 0.2) is 18.8 Å². The van der Waals surface area contributed by atoms with Crippen LogP contribution in [0.25, 0.3) is 0 Å². The molecule has 1 unspecified atom stereocenters. The van der Waals surface area contributed by atoms with E-state index in [0.29, 0.717) is 13.1 Å². The second-order valence-electron chi connectivity index (χ2n) is 3.78. The van der Waals surface area contributed by atoms with Crippen molar-refractivity contribution in [3.8, 4) is 0 Å². The number of nitrogens with zero attached hydrogens (tertiary/aromatic N) is 1. The number of hydrogen-bond acceptors (Lipinski definition) is 0. The minimum Gasteiger partial charge on any atom is -0.229 e. The van der Waals surface area contributed by atoms with Gasteiger partial charge < -0.3 is 0 Å². The van der Waals surface area contributed by atoms with E-state index in [1.165, 1.54) is 0 Å². The molecule has 1 saturated carbocycles. The highest BCUT2D eigenvalue weighted by atomic mass is 15.0. The van der Waals surface area contributed by atoms with E-state index in [4.69, 9.17) is 4.11 Å². The van der Waals surface area contributed by atoms with Crippen LogP contribution in [-0.4, -0.2) is 23.4 Å². The van der Waals surface area contributed by atoms with Gasteiger partial charge in [-0.05, 0) is 18.5 Å². The van der Waals surface area contributed by atoms with Crippen molar-refractivity contribution in [2.45, 2.75) is 26.6 Å². The minimum absolute atomic E-state index is 0.578. The van der Waals surface area contributed by atoms with Gasteiger partial charge in [-0.2, -0.15) is 0 Å². The highest BCUT2D eigenvalue weighted by Crippen LogP contribution is 2.36. The molecule has 0 spiro atoms. The minimum atomic E-state index is -1.46. The predicted octanol–water partition coefficient (Wildman–Crippen LogP) is 2.63. The fraction of sp³-hybridized carbons (Fsp3) is 0.583. The fourth-order valence-corrected chi connectivity index (χ4v) is 1.49. The van der Waals surface area contributed by atoms with Gasteiger partial charge >= 0.3 is 0 Å².